The van der Waals surface area contributed by atoms with E-state index < -0.39 is 0 Å². The summed E-state index contributed by atoms with van der Waals surface area (Å²) in [5, 5.41) is 11.7. The van der Waals surface area contributed by atoms with Crippen molar-refractivity contribution in [1.29, 1.82) is 0 Å². The van der Waals surface area contributed by atoms with Gasteiger partial charge in [-0.1, -0.05) is 31.3 Å². The molecule has 0 aliphatic heterocycles. The van der Waals surface area contributed by atoms with Crippen LogP contribution in [0.4, 0.5) is 0 Å². The molecule has 2 N–H and O–H groups in total. The minimum atomic E-state index is -0.210. The Morgan fingerprint density at radius 3 is 2.79 bits per heavy atom. The van der Waals surface area contributed by atoms with Gasteiger partial charge in [-0.2, -0.15) is 0 Å². The van der Waals surface area contributed by atoms with E-state index in [4.69, 9.17) is 5.11 Å². The molecule has 1 rings (SSSR count). The predicted molar refractivity (Wildman–Crippen MR) is 76.9 cm³/mol. The number of nitrogens with one attached hydrogen (secondary N) is 1. The van der Waals surface area contributed by atoms with E-state index in [9.17, 15) is 4.79 Å². The van der Waals surface area contributed by atoms with Crippen LogP contribution in [0.2, 0.25) is 0 Å². The number of carbonyl (C=O) groups excluding carboxylic acids is 1. The van der Waals surface area contributed by atoms with Crippen molar-refractivity contribution < 1.29 is 9.90 Å². The Balaban J connectivity index is 2.83. The maximum atomic E-state index is 12.2. The highest BCUT2D eigenvalue weighted by atomic mass is 16.2. The van der Waals surface area contributed by atoms with E-state index in [0.717, 1.165) is 18.4 Å². The fourth-order valence-electron chi connectivity index (χ4n) is 1.95. The lowest BCUT2D eigenvalue weighted by Gasteiger charge is -2.25. The van der Waals surface area contributed by atoms with Crippen LogP contribution in [0, 0.1) is 11.8 Å². The molecule has 19 heavy (non-hydrogen) atoms. The molecule has 0 aliphatic rings. The van der Waals surface area contributed by atoms with Gasteiger partial charge in [-0.3, -0.25) is 4.79 Å². The summed E-state index contributed by atoms with van der Waals surface area (Å²) in [4.78, 5) is 12.2. The first-order valence-electron chi connectivity index (χ1n) is 6.51. The van der Waals surface area contributed by atoms with Crippen LogP contribution in [-0.4, -0.2) is 23.2 Å². The molecule has 1 aromatic carbocycles. The second kappa shape index (κ2) is 6.96. The third kappa shape index (κ3) is 5.15. The van der Waals surface area contributed by atoms with Crippen molar-refractivity contribution in [3.05, 3.63) is 35.4 Å². The number of amides is 1. The van der Waals surface area contributed by atoms with Gasteiger partial charge in [0.25, 0.3) is 5.91 Å². The maximum Gasteiger partial charge on any atom is 0.251 e. The van der Waals surface area contributed by atoms with E-state index in [1.54, 1.807) is 18.2 Å². The molecule has 102 valence electrons. The highest BCUT2D eigenvalue weighted by Crippen LogP contribution is 2.13. The molecule has 0 unspecified atom stereocenters. The van der Waals surface area contributed by atoms with Crippen molar-refractivity contribution in [2.45, 2.75) is 39.2 Å². The molecule has 0 fully saturated rings. The summed E-state index contributed by atoms with van der Waals surface area (Å²) in [7, 11) is 0. The Kier molecular flexibility index (Phi) is 5.59. The number of hydrogen-bond acceptors (Lipinski definition) is 2. The van der Waals surface area contributed by atoms with Gasteiger partial charge in [0.1, 0.15) is 6.61 Å². The molecule has 0 spiro atoms. The van der Waals surface area contributed by atoms with Gasteiger partial charge in [-0.15, -0.1) is 0 Å². The first kappa shape index (κ1) is 15.3. The fourth-order valence-corrected chi connectivity index (χ4v) is 1.95. The lowest BCUT2D eigenvalue weighted by molar-refractivity contribution is 0.0909. The topological polar surface area (TPSA) is 49.3 Å². The van der Waals surface area contributed by atoms with Gasteiger partial charge in [-0.05, 0) is 38.5 Å². The SMILES string of the molecule is CCCC(C)(C)NC(=O)c1cccc(C#CCO)c1. The van der Waals surface area contributed by atoms with Crippen LogP contribution in [0.1, 0.15) is 49.5 Å². The van der Waals surface area contributed by atoms with E-state index >= 15 is 0 Å². The monoisotopic (exact) mass is 259 g/mol. The van der Waals surface area contributed by atoms with Crippen LogP contribution in [-0.2, 0) is 0 Å². The van der Waals surface area contributed by atoms with Crippen LogP contribution < -0.4 is 5.32 Å². The summed E-state index contributed by atoms with van der Waals surface area (Å²) in [5.41, 5.74) is 1.11. The van der Waals surface area contributed by atoms with Crippen LogP contribution in [0.15, 0.2) is 24.3 Å². The molecule has 1 aromatic rings. The van der Waals surface area contributed by atoms with Crippen molar-refractivity contribution in [1.82, 2.24) is 5.32 Å². The van der Waals surface area contributed by atoms with Gasteiger partial charge in [0.05, 0.1) is 0 Å². The molecule has 0 atom stereocenters. The molecule has 0 aliphatic carbocycles. The lowest BCUT2D eigenvalue weighted by Crippen LogP contribution is -2.43. The standard InChI is InChI=1S/C16H21NO2/c1-4-10-16(2,3)17-15(19)14-9-5-7-13(12-14)8-6-11-18/h5,7,9,12,18H,4,10-11H2,1-3H3,(H,17,19). The second-order valence-corrected chi connectivity index (χ2v) is 5.13. The number of aliphatic hydroxyl groups is 1. The Labute approximate surface area is 115 Å². The van der Waals surface area contributed by atoms with Crippen molar-refractivity contribution >= 4 is 5.91 Å². The lowest BCUT2D eigenvalue weighted by atomic mass is 9.98. The summed E-state index contributed by atoms with van der Waals surface area (Å²) in [5.74, 6) is 5.28. The zero-order valence-corrected chi connectivity index (χ0v) is 11.8. The minimum absolute atomic E-state index is 0.0916. The van der Waals surface area contributed by atoms with E-state index in [-0.39, 0.29) is 18.1 Å². The predicted octanol–water partition coefficient (Wildman–Crippen LogP) is 2.34. The average molecular weight is 259 g/mol. The zero-order valence-electron chi connectivity index (χ0n) is 11.8. The Morgan fingerprint density at radius 2 is 2.16 bits per heavy atom. The van der Waals surface area contributed by atoms with Gasteiger partial charge < -0.3 is 10.4 Å². The van der Waals surface area contributed by atoms with Crippen LogP contribution in [0.25, 0.3) is 0 Å². The van der Waals surface area contributed by atoms with Crippen molar-refractivity contribution in [2.24, 2.45) is 0 Å². The average Bonchev–Trinajstić information content (AvgIpc) is 2.36. The second-order valence-electron chi connectivity index (χ2n) is 5.13. The summed E-state index contributed by atoms with van der Waals surface area (Å²) in [6.45, 7) is 5.95. The summed E-state index contributed by atoms with van der Waals surface area (Å²) in [6.07, 6.45) is 1.96. The Bertz CT molecular complexity index is 495. The summed E-state index contributed by atoms with van der Waals surface area (Å²) in [6, 6.07) is 7.11. The molecule has 3 nitrogen and oxygen atoms in total. The molecule has 1 amide bonds. The van der Waals surface area contributed by atoms with E-state index in [1.165, 1.54) is 0 Å². The highest BCUT2D eigenvalue weighted by Gasteiger charge is 2.19. The van der Waals surface area contributed by atoms with Crippen molar-refractivity contribution in [3.8, 4) is 11.8 Å². The fraction of sp³-hybridized carbons (Fsp3) is 0.438. The molecular formula is C16H21NO2. The van der Waals surface area contributed by atoms with Crippen molar-refractivity contribution in [2.75, 3.05) is 6.61 Å². The molecule has 0 heterocycles. The number of rotatable bonds is 4. The Morgan fingerprint density at radius 1 is 1.42 bits per heavy atom. The molecule has 0 saturated heterocycles. The summed E-state index contributed by atoms with van der Waals surface area (Å²) >= 11 is 0. The van der Waals surface area contributed by atoms with Gasteiger partial charge in [0, 0.05) is 16.7 Å². The first-order chi connectivity index (χ1) is 8.98. The third-order valence-corrected chi connectivity index (χ3v) is 2.76. The number of carbonyl (C=O) groups is 1. The van der Waals surface area contributed by atoms with Gasteiger partial charge in [0.2, 0.25) is 0 Å². The molecule has 3 heteroatoms. The normalized spacial score (nSPS) is 10.5. The van der Waals surface area contributed by atoms with E-state index in [0.29, 0.717) is 5.56 Å². The van der Waals surface area contributed by atoms with E-state index in [1.807, 2.05) is 19.9 Å². The van der Waals surface area contributed by atoms with Gasteiger partial charge >= 0.3 is 0 Å². The smallest absolute Gasteiger partial charge is 0.251 e. The van der Waals surface area contributed by atoms with Gasteiger partial charge in [-0.25, -0.2) is 0 Å². The molecule has 0 aromatic heterocycles. The quantitative estimate of drug-likeness (QED) is 0.815. The largest absolute Gasteiger partial charge is 0.384 e. The zero-order chi connectivity index (χ0) is 14.3. The Hall–Kier alpha value is -1.79. The number of hydrogen-bond donors (Lipinski definition) is 2. The first-order valence-corrected chi connectivity index (χ1v) is 6.51. The van der Waals surface area contributed by atoms with Crippen LogP contribution >= 0.6 is 0 Å². The molecule has 0 radical (unpaired) electrons. The maximum absolute atomic E-state index is 12.2. The molecule has 0 saturated carbocycles. The third-order valence-electron chi connectivity index (χ3n) is 2.76. The van der Waals surface area contributed by atoms with Gasteiger partial charge in [0.15, 0.2) is 0 Å². The number of benzene rings is 1. The van der Waals surface area contributed by atoms with Crippen LogP contribution in [0.5, 0.6) is 0 Å². The van der Waals surface area contributed by atoms with E-state index in [2.05, 4.69) is 24.1 Å². The summed E-state index contributed by atoms with van der Waals surface area (Å²) < 4.78 is 0. The molecule has 0 bridgehead atoms. The van der Waals surface area contributed by atoms with Crippen molar-refractivity contribution in [3.63, 3.8) is 0 Å². The molecular weight excluding hydrogens is 238 g/mol. The minimum Gasteiger partial charge on any atom is -0.384 e. The highest BCUT2D eigenvalue weighted by molar-refractivity contribution is 5.95. The number of aliphatic hydroxyl groups excluding tert-OH is 1. The van der Waals surface area contributed by atoms with Crippen LogP contribution in [0.3, 0.4) is 0 Å².